The first-order valence-electron chi connectivity index (χ1n) is 6.03. The summed E-state index contributed by atoms with van der Waals surface area (Å²) < 4.78 is 5.70. The van der Waals surface area contributed by atoms with Gasteiger partial charge in [-0.3, -0.25) is 0 Å². The Kier molecular flexibility index (Phi) is 5.33. The Bertz CT molecular complexity index is 309. The molecule has 0 aliphatic carbocycles. The summed E-state index contributed by atoms with van der Waals surface area (Å²) in [5, 5.41) is 3.45. The summed E-state index contributed by atoms with van der Waals surface area (Å²) in [5.74, 6) is 1.65. The van der Waals surface area contributed by atoms with Crippen molar-refractivity contribution in [3.8, 4) is 5.75 Å². The van der Waals surface area contributed by atoms with Crippen molar-refractivity contribution in [1.82, 2.24) is 5.32 Å². The van der Waals surface area contributed by atoms with Crippen molar-refractivity contribution >= 4 is 0 Å². The van der Waals surface area contributed by atoms with Crippen LogP contribution in [-0.4, -0.2) is 19.2 Å². The number of hydrogen-bond acceptors (Lipinski definition) is 2. The maximum Gasteiger partial charge on any atom is 0.122 e. The first-order valence-corrected chi connectivity index (χ1v) is 6.03. The lowest BCUT2D eigenvalue weighted by atomic mass is 10.1. The number of hydrogen-bond donors (Lipinski definition) is 1. The molecule has 0 radical (unpaired) electrons. The van der Waals surface area contributed by atoms with E-state index in [1.807, 2.05) is 18.2 Å². The van der Waals surface area contributed by atoms with E-state index in [0.29, 0.717) is 12.0 Å². The quantitative estimate of drug-likeness (QED) is 0.746. The Hall–Kier alpha value is -1.02. The van der Waals surface area contributed by atoms with Crippen LogP contribution in [0.1, 0.15) is 26.3 Å². The van der Waals surface area contributed by atoms with Gasteiger partial charge in [0.1, 0.15) is 12.4 Å². The summed E-state index contributed by atoms with van der Waals surface area (Å²) in [6.07, 6.45) is 0. The van der Waals surface area contributed by atoms with Crippen LogP contribution in [0, 0.1) is 12.8 Å². The Balaban J connectivity index is 2.24. The highest BCUT2D eigenvalue weighted by molar-refractivity contribution is 5.31. The van der Waals surface area contributed by atoms with Crippen molar-refractivity contribution < 1.29 is 4.74 Å². The molecule has 90 valence electrons. The van der Waals surface area contributed by atoms with Gasteiger partial charge in [0.2, 0.25) is 0 Å². The summed E-state index contributed by atoms with van der Waals surface area (Å²) in [6.45, 7) is 10.3. The molecule has 0 aromatic heterocycles. The number of rotatable bonds is 6. The van der Waals surface area contributed by atoms with E-state index in [9.17, 15) is 0 Å². The summed E-state index contributed by atoms with van der Waals surface area (Å²) in [7, 11) is 0. The molecule has 0 fully saturated rings. The minimum atomic E-state index is 0.542. The van der Waals surface area contributed by atoms with E-state index in [1.165, 1.54) is 5.56 Å². The van der Waals surface area contributed by atoms with Gasteiger partial charge in [-0.15, -0.1) is 0 Å². The lowest BCUT2D eigenvalue weighted by molar-refractivity contribution is 0.295. The molecule has 0 saturated heterocycles. The van der Waals surface area contributed by atoms with Crippen LogP contribution < -0.4 is 10.1 Å². The van der Waals surface area contributed by atoms with E-state index < -0.39 is 0 Å². The molecular formula is C14H23NO. The molecule has 2 nitrogen and oxygen atoms in total. The summed E-state index contributed by atoms with van der Waals surface area (Å²) in [6, 6.07) is 8.66. The smallest absolute Gasteiger partial charge is 0.122 e. The number of aryl methyl sites for hydroxylation is 1. The Labute approximate surface area is 99.0 Å². The summed E-state index contributed by atoms with van der Waals surface area (Å²) in [5.41, 5.74) is 1.19. The molecular weight excluding hydrogens is 198 g/mol. The molecule has 0 heterocycles. The minimum absolute atomic E-state index is 0.542. The van der Waals surface area contributed by atoms with Gasteiger partial charge in [0.15, 0.2) is 0 Å². The second-order valence-corrected chi connectivity index (χ2v) is 4.60. The van der Waals surface area contributed by atoms with E-state index in [0.717, 1.165) is 18.9 Å². The molecule has 1 N–H and O–H groups in total. The molecule has 0 aliphatic heterocycles. The predicted octanol–water partition coefficient (Wildman–Crippen LogP) is 3.01. The van der Waals surface area contributed by atoms with Crippen molar-refractivity contribution in [2.24, 2.45) is 5.92 Å². The van der Waals surface area contributed by atoms with Gasteiger partial charge in [-0.25, -0.2) is 0 Å². The number of nitrogens with one attached hydrogen (secondary N) is 1. The van der Waals surface area contributed by atoms with E-state index >= 15 is 0 Å². The van der Waals surface area contributed by atoms with E-state index in [-0.39, 0.29) is 0 Å². The number of benzene rings is 1. The van der Waals surface area contributed by atoms with Gasteiger partial charge in [-0.2, -0.15) is 0 Å². The summed E-state index contributed by atoms with van der Waals surface area (Å²) in [4.78, 5) is 0. The molecule has 2 heteroatoms. The van der Waals surface area contributed by atoms with Crippen molar-refractivity contribution in [1.29, 1.82) is 0 Å². The van der Waals surface area contributed by atoms with E-state index in [2.05, 4.69) is 39.1 Å². The largest absolute Gasteiger partial charge is 0.492 e. The lowest BCUT2D eigenvalue weighted by Crippen LogP contribution is -2.33. The van der Waals surface area contributed by atoms with E-state index in [4.69, 9.17) is 4.74 Å². The van der Waals surface area contributed by atoms with Crippen molar-refractivity contribution in [3.63, 3.8) is 0 Å². The van der Waals surface area contributed by atoms with Crippen LogP contribution in [-0.2, 0) is 0 Å². The zero-order valence-corrected chi connectivity index (χ0v) is 10.8. The SMILES string of the molecule is Cc1ccccc1OCCNC(C)C(C)C. The lowest BCUT2D eigenvalue weighted by Gasteiger charge is -2.17. The third-order valence-corrected chi connectivity index (χ3v) is 2.92. The number of para-hydroxylation sites is 1. The topological polar surface area (TPSA) is 21.3 Å². The normalized spacial score (nSPS) is 12.8. The average molecular weight is 221 g/mol. The maximum absolute atomic E-state index is 5.70. The van der Waals surface area contributed by atoms with Crippen molar-refractivity contribution in [2.45, 2.75) is 33.7 Å². The third-order valence-electron chi connectivity index (χ3n) is 2.92. The second kappa shape index (κ2) is 6.54. The zero-order valence-electron chi connectivity index (χ0n) is 10.8. The fourth-order valence-corrected chi connectivity index (χ4v) is 1.40. The second-order valence-electron chi connectivity index (χ2n) is 4.60. The fourth-order valence-electron chi connectivity index (χ4n) is 1.40. The molecule has 0 bridgehead atoms. The van der Waals surface area contributed by atoms with Gasteiger partial charge in [0.05, 0.1) is 0 Å². The Morgan fingerprint density at radius 2 is 1.88 bits per heavy atom. The molecule has 0 amide bonds. The van der Waals surface area contributed by atoms with Crippen LogP contribution in [0.4, 0.5) is 0 Å². The Morgan fingerprint density at radius 1 is 1.19 bits per heavy atom. The molecule has 0 saturated carbocycles. The molecule has 1 atom stereocenters. The van der Waals surface area contributed by atoms with Crippen LogP contribution in [0.5, 0.6) is 5.75 Å². The fraction of sp³-hybridized carbons (Fsp3) is 0.571. The average Bonchev–Trinajstić information content (AvgIpc) is 2.26. The molecule has 1 aromatic rings. The molecule has 1 unspecified atom stereocenters. The van der Waals surface area contributed by atoms with Crippen LogP contribution in [0.25, 0.3) is 0 Å². The first kappa shape index (κ1) is 13.0. The van der Waals surface area contributed by atoms with Crippen LogP contribution >= 0.6 is 0 Å². The standard InChI is InChI=1S/C14H23NO/c1-11(2)13(4)15-9-10-16-14-8-6-5-7-12(14)3/h5-8,11,13,15H,9-10H2,1-4H3. The summed E-state index contributed by atoms with van der Waals surface area (Å²) >= 11 is 0. The highest BCUT2D eigenvalue weighted by atomic mass is 16.5. The van der Waals surface area contributed by atoms with Gasteiger partial charge in [0.25, 0.3) is 0 Å². The van der Waals surface area contributed by atoms with Crippen molar-refractivity contribution in [3.05, 3.63) is 29.8 Å². The maximum atomic E-state index is 5.70. The van der Waals surface area contributed by atoms with Gasteiger partial charge < -0.3 is 10.1 Å². The predicted molar refractivity (Wildman–Crippen MR) is 69.0 cm³/mol. The van der Waals surface area contributed by atoms with Crippen LogP contribution in [0.2, 0.25) is 0 Å². The number of ether oxygens (including phenoxy) is 1. The third kappa shape index (κ3) is 4.23. The zero-order chi connectivity index (χ0) is 12.0. The Morgan fingerprint density at radius 3 is 2.50 bits per heavy atom. The van der Waals surface area contributed by atoms with Gasteiger partial charge in [-0.05, 0) is 31.4 Å². The highest BCUT2D eigenvalue weighted by Crippen LogP contribution is 2.15. The van der Waals surface area contributed by atoms with Crippen LogP contribution in [0.3, 0.4) is 0 Å². The monoisotopic (exact) mass is 221 g/mol. The van der Waals surface area contributed by atoms with Gasteiger partial charge >= 0.3 is 0 Å². The minimum Gasteiger partial charge on any atom is -0.492 e. The van der Waals surface area contributed by atoms with Crippen LogP contribution in [0.15, 0.2) is 24.3 Å². The van der Waals surface area contributed by atoms with Crippen molar-refractivity contribution in [2.75, 3.05) is 13.2 Å². The highest BCUT2D eigenvalue weighted by Gasteiger charge is 2.05. The van der Waals surface area contributed by atoms with Gasteiger partial charge in [-0.1, -0.05) is 32.0 Å². The van der Waals surface area contributed by atoms with E-state index in [1.54, 1.807) is 0 Å². The molecule has 0 spiro atoms. The molecule has 16 heavy (non-hydrogen) atoms. The van der Waals surface area contributed by atoms with Gasteiger partial charge in [0, 0.05) is 12.6 Å². The molecule has 1 aromatic carbocycles. The molecule has 0 aliphatic rings. The molecule has 1 rings (SSSR count). The first-order chi connectivity index (χ1) is 7.61.